The number of rotatable bonds is 7. The van der Waals surface area contributed by atoms with Gasteiger partial charge in [-0.2, -0.15) is 0 Å². The number of ether oxygens (including phenoxy) is 2. The van der Waals surface area contributed by atoms with E-state index in [0.717, 1.165) is 48.3 Å². The monoisotopic (exact) mass is 520 g/mol. The number of aliphatic hydroxyl groups is 3. The molecule has 5 nitrogen and oxygen atoms in total. The Labute approximate surface area is 226 Å². The van der Waals surface area contributed by atoms with Gasteiger partial charge in [0.25, 0.3) is 0 Å². The molecular weight excluding hydrogens is 464 g/mol. The molecule has 5 aliphatic rings. The summed E-state index contributed by atoms with van der Waals surface area (Å²) in [6.07, 6.45) is 11.6. The summed E-state index contributed by atoms with van der Waals surface area (Å²) in [5.74, 6) is 5.91. The van der Waals surface area contributed by atoms with E-state index in [1.54, 1.807) is 0 Å². The molecule has 0 aromatic rings. The van der Waals surface area contributed by atoms with Crippen LogP contribution in [0.5, 0.6) is 0 Å². The third-order valence-electron chi connectivity index (χ3n) is 12.6. The van der Waals surface area contributed by atoms with Gasteiger partial charge in [-0.05, 0) is 110 Å². The van der Waals surface area contributed by atoms with Crippen molar-refractivity contribution >= 4 is 0 Å². The van der Waals surface area contributed by atoms with Crippen molar-refractivity contribution in [3.63, 3.8) is 0 Å². The number of hydrogen-bond donors (Lipinski definition) is 3. The molecule has 0 amide bonds. The number of aliphatic hydroxyl groups excluding tert-OH is 3. The largest absolute Gasteiger partial charge is 0.388 e. The highest BCUT2D eigenvalue weighted by atomic mass is 16.7. The zero-order valence-electron chi connectivity index (χ0n) is 24.3. The van der Waals surface area contributed by atoms with Crippen LogP contribution in [0.15, 0.2) is 0 Å². The Hall–Kier alpha value is -0.200. The van der Waals surface area contributed by atoms with Gasteiger partial charge in [0.05, 0.1) is 12.7 Å². The zero-order chi connectivity index (χ0) is 26.5. The van der Waals surface area contributed by atoms with Crippen molar-refractivity contribution in [2.45, 2.75) is 142 Å². The molecule has 1 aliphatic heterocycles. The standard InChI is InChI=1S/C32H56O5/c1-19(2)7-6-8-20(3)24-11-12-25-23-10-9-21-17-22(37-30-29(35)28(34)27(33)18-36-30)13-15-31(21,4)26(23)14-16-32(24,25)5/h19-30,33-35H,6-18H2,1-5H3. The van der Waals surface area contributed by atoms with Gasteiger partial charge in [0.1, 0.15) is 18.3 Å². The minimum Gasteiger partial charge on any atom is -0.388 e. The quantitative estimate of drug-likeness (QED) is 0.363. The fourth-order valence-electron chi connectivity index (χ4n) is 10.5. The van der Waals surface area contributed by atoms with E-state index in [1.165, 1.54) is 64.2 Å². The van der Waals surface area contributed by atoms with Crippen molar-refractivity contribution < 1.29 is 24.8 Å². The Kier molecular flexibility index (Phi) is 8.42. The van der Waals surface area contributed by atoms with E-state index in [-0.39, 0.29) is 12.7 Å². The molecule has 4 aliphatic carbocycles. The maximum absolute atomic E-state index is 10.4. The predicted octanol–water partition coefficient (Wildman–Crippen LogP) is 5.93. The summed E-state index contributed by atoms with van der Waals surface area (Å²) in [7, 11) is 0. The molecule has 13 atom stereocenters. The first kappa shape index (κ1) is 28.3. The van der Waals surface area contributed by atoms with Crippen LogP contribution in [-0.4, -0.2) is 52.6 Å². The molecule has 5 heteroatoms. The number of hydrogen-bond acceptors (Lipinski definition) is 5. The van der Waals surface area contributed by atoms with Gasteiger partial charge in [0.2, 0.25) is 0 Å². The van der Waals surface area contributed by atoms with Crippen LogP contribution in [0.3, 0.4) is 0 Å². The summed E-state index contributed by atoms with van der Waals surface area (Å²) >= 11 is 0. The summed E-state index contributed by atoms with van der Waals surface area (Å²) < 4.78 is 11.8. The van der Waals surface area contributed by atoms with Gasteiger partial charge in [0.15, 0.2) is 6.29 Å². The number of fused-ring (bicyclic) bond motifs is 5. The van der Waals surface area contributed by atoms with Gasteiger partial charge in [0, 0.05) is 0 Å². The lowest BCUT2D eigenvalue weighted by Gasteiger charge is -2.61. The van der Waals surface area contributed by atoms with Gasteiger partial charge in [-0.15, -0.1) is 0 Å². The Bertz CT molecular complexity index is 772. The van der Waals surface area contributed by atoms with Crippen molar-refractivity contribution in [2.75, 3.05) is 6.61 Å². The maximum Gasteiger partial charge on any atom is 0.186 e. The topological polar surface area (TPSA) is 79.2 Å². The molecule has 0 aromatic carbocycles. The van der Waals surface area contributed by atoms with Crippen LogP contribution in [0.1, 0.15) is 112 Å². The van der Waals surface area contributed by atoms with Crippen molar-refractivity contribution in [2.24, 2.45) is 52.3 Å². The highest BCUT2D eigenvalue weighted by Crippen LogP contribution is 2.68. The first-order valence-electron chi connectivity index (χ1n) is 15.9. The summed E-state index contributed by atoms with van der Waals surface area (Å²) in [5, 5.41) is 30.2. The Balaban J connectivity index is 1.20. The van der Waals surface area contributed by atoms with Gasteiger partial charge < -0.3 is 24.8 Å². The highest BCUT2D eigenvalue weighted by molar-refractivity contribution is 5.10. The molecule has 1 heterocycles. The van der Waals surface area contributed by atoms with E-state index in [4.69, 9.17) is 9.47 Å². The second-order valence-electron chi connectivity index (χ2n) is 15.0. The third-order valence-corrected chi connectivity index (χ3v) is 12.6. The first-order valence-corrected chi connectivity index (χ1v) is 15.9. The third kappa shape index (κ3) is 5.19. The van der Waals surface area contributed by atoms with Crippen molar-refractivity contribution in [1.82, 2.24) is 0 Å². The normalized spacial score (nSPS) is 50.8. The lowest BCUT2D eigenvalue weighted by molar-refractivity contribution is -0.289. The van der Waals surface area contributed by atoms with Crippen LogP contribution in [-0.2, 0) is 9.47 Å². The van der Waals surface area contributed by atoms with Gasteiger partial charge in [-0.25, -0.2) is 0 Å². The first-order chi connectivity index (χ1) is 17.5. The smallest absolute Gasteiger partial charge is 0.186 e. The van der Waals surface area contributed by atoms with Crippen molar-refractivity contribution in [3.05, 3.63) is 0 Å². The molecule has 5 rings (SSSR count). The van der Waals surface area contributed by atoms with Crippen LogP contribution in [0, 0.1) is 52.3 Å². The fraction of sp³-hybridized carbons (Fsp3) is 1.00. The Morgan fingerprint density at radius 3 is 2.32 bits per heavy atom. The van der Waals surface area contributed by atoms with Crippen LogP contribution < -0.4 is 0 Å². The lowest BCUT2D eigenvalue weighted by atomic mass is 9.44. The van der Waals surface area contributed by atoms with E-state index in [2.05, 4.69) is 34.6 Å². The van der Waals surface area contributed by atoms with Crippen LogP contribution in [0.25, 0.3) is 0 Å². The average Bonchev–Trinajstić information content (AvgIpc) is 3.21. The van der Waals surface area contributed by atoms with Crippen molar-refractivity contribution in [1.29, 1.82) is 0 Å². The van der Waals surface area contributed by atoms with Crippen molar-refractivity contribution in [3.8, 4) is 0 Å². The molecular formula is C32H56O5. The molecule has 1 saturated heterocycles. The summed E-state index contributed by atoms with van der Waals surface area (Å²) in [5.41, 5.74) is 0.939. The minimum absolute atomic E-state index is 0.0119. The summed E-state index contributed by atoms with van der Waals surface area (Å²) in [6, 6.07) is 0. The second kappa shape index (κ2) is 11.0. The Morgan fingerprint density at radius 1 is 0.838 bits per heavy atom. The molecule has 5 fully saturated rings. The minimum atomic E-state index is -1.20. The molecule has 4 saturated carbocycles. The molecule has 0 radical (unpaired) electrons. The van der Waals surface area contributed by atoms with E-state index < -0.39 is 24.6 Å². The molecule has 214 valence electrons. The molecule has 37 heavy (non-hydrogen) atoms. The molecule has 0 spiro atoms. The average molecular weight is 521 g/mol. The molecule has 0 bridgehead atoms. The second-order valence-corrected chi connectivity index (χ2v) is 15.0. The summed E-state index contributed by atoms with van der Waals surface area (Å²) in [4.78, 5) is 0. The van der Waals surface area contributed by atoms with E-state index in [1.807, 2.05) is 0 Å². The highest BCUT2D eigenvalue weighted by Gasteiger charge is 2.60. The van der Waals surface area contributed by atoms with Gasteiger partial charge in [-0.3, -0.25) is 0 Å². The molecule has 13 unspecified atom stereocenters. The van der Waals surface area contributed by atoms with E-state index in [0.29, 0.717) is 16.7 Å². The predicted molar refractivity (Wildman–Crippen MR) is 146 cm³/mol. The van der Waals surface area contributed by atoms with Crippen LogP contribution >= 0.6 is 0 Å². The molecule has 3 N–H and O–H groups in total. The molecule has 0 aromatic heterocycles. The zero-order valence-corrected chi connectivity index (χ0v) is 24.3. The van der Waals surface area contributed by atoms with Gasteiger partial charge >= 0.3 is 0 Å². The lowest BCUT2D eigenvalue weighted by Crippen LogP contribution is -2.56. The SMILES string of the molecule is CC(C)CCCC(C)C1CCC2C3CCC4CC(OC5OCC(O)C(O)C5O)CCC4(C)C3CCC12C. The maximum atomic E-state index is 10.4. The Morgan fingerprint density at radius 2 is 1.57 bits per heavy atom. The van der Waals surface area contributed by atoms with Gasteiger partial charge in [-0.1, -0.05) is 53.9 Å². The van der Waals surface area contributed by atoms with Crippen LogP contribution in [0.4, 0.5) is 0 Å². The summed E-state index contributed by atoms with van der Waals surface area (Å²) in [6.45, 7) is 12.6. The van der Waals surface area contributed by atoms with E-state index in [9.17, 15) is 15.3 Å². The van der Waals surface area contributed by atoms with E-state index >= 15 is 0 Å². The van der Waals surface area contributed by atoms with Crippen LogP contribution in [0.2, 0.25) is 0 Å². The fourth-order valence-corrected chi connectivity index (χ4v) is 10.5.